The number of hydrogen-bond acceptors (Lipinski definition) is 3. The fraction of sp³-hybridized carbons (Fsp3) is 1.00. The zero-order chi connectivity index (χ0) is 13.2. The van der Waals surface area contributed by atoms with Gasteiger partial charge in [0.1, 0.15) is 0 Å². The van der Waals surface area contributed by atoms with Gasteiger partial charge in [0, 0.05) is 6.04 Å². The topological polar surface area (TPSA) is 18.5 Å². The first-order chi connectivity index (χ1) is 8.80. The average molecular weight is 255 g/mol. The standard InChI is InChI=1S/C15H33N3/c1-4-17(5-2)13-8-11-16-15-9-7-12-18(6-3)14-10-15/h15-16H,4-14H2,1-3H3. The number of likely N-dealkylation sites (tertiary alicyclic amines) is 1. The van der Waals surface area contributed by atoms with E-state index in [0.29, 0.717) is 0 Å². The molecule has 1 N–H and O–H groups in total. The van der Waals surface area contributed by atoms with E-state index in [1.807, 2.05) is 0 Å². The Morgan fingerprint density at radius 2 is 1.89 bits per heavy atom. The van der Waals surface area contributed by atoms with Gasteiger partial charge in [0.15, 0.2) is 0 Å². The van der Waals surface area contributed by atoms with Crippen molar-refractivity contribution in [3.63, 3.8) is 0 Å². The molecule has 0 amide bonds. The molecular weight excluding hydrogens is 222 g/mol. The van der Waals surface area contributed by atoms with E-state index in [1.165, 1.54) is 71.5 Å². The van der Waals surface area contributed by atoms with Gasteiger partial charge in [-0.3, -0.25) is 0 Å². The minimum absolute atomic E-state index is 0.762. The molecule has 3 nitrogen and oxygen atoms in total. The lowest BCUT2D eigenvalue weighted by Gasteiger charge is -2.20. The Morgan fingerprint density at radius 3 is 2.56 bits per heavy atom. The van der Waals surface area contributed by atoms with Gasteiger partial charge in [-0.05, 0) is 71.5 Å². The molecule has 0 spiro atoms. The van der Waals surface area contributed by atoms with Crippen molar-refractivity contribution in [2.24, 2.45) is 0 Å². The Labute approximate surface area is 114 Å². The van der Waals surface area contributed by atoms with E-state index in [0.717, 1.165) is 6.04 Å². The van der Waals surface area contributed by atoms with Gasteiger partial charge in [-0.25, -0.2) is 0 Å². The van der Waals surface area contributed by atoms with E-state index >= 15 is 0 Å². The lowest BCUT2D eigenvalue weighted by Crippen LogP contribution is -2.33. The second-order valence-electron chi connectivity index (χ2n) is 5.40. The summed E-state index contributed by atoms with van der Waals surface area (Å²) < 4.78 is 0. The quantitative estimate of drug-likeness (QED) is 0.671. The van der Waals surface area contributed by atoms with Crippen LogP contribution in [0.3, 0.4) is 0 Å². The molecule has 1 fully saturated rings. The maximum Gasteiger partial charge on any atom is 0.00797 e. The van der Waals surface area contributed by atoms with Crippen LogP contribution in [0.15, 0.2) is 0 Å². The Balaban J connectivity index is 2.08. The van der Waals surface area contributed by atoms with Gasteiger partial charge in [-0.2, -0.15) is 0 Å². The number of nitrogens with one attached hydrogen (secondary N) is 1. The third kappa shape index (κ3) is 6.17. The van der Waals surface area contributed by atoms with Crippen LogP contribution >= 0.6 is 0 Å². The molecular formula is C15H33N3. The third-order valence-corrected chi connectivity index (χ3v) is 4.25. The third-order valence-electron chi connectivity index (χ3n) is 4.25. The smallest absolute Gasteiger partial charge is 0.00797 e. The van der Waals surface area contributed by atoms with Crippen molar-refractivity contribution in [2.75, 3.05) is 45.8 Å². The molecule has 0 saturated carbocycles. The molecule has 1 saturated heterocycles. The summed E-state index contributed by atoms with van der Waals surface area (Å²) >= 11 is 0. The summed E-state index contributed by atoms with van der Waals surface area (Å²) in [7, 11) is 0. The van der Waals surface area contributed by atoms with Crippen LogP contribution in [0, 0.1) is 0 Å². The molecule has 1 atom stereocenters. The SMILES string of the molecule is CCN(CC)CCCNC1CCCN(CC)CC1. The van der Waals surface area contributed by atoms with Crippen LogP contribution in [0.1, 0.15) is 46.5 Å². The van der Waals surface area contributed by atoms with Crippen LogP contribution in [-0.2, 0) is 0 Å². The molecule has 1 unspecified atom stereocenters. The predicted octanol–water partition coefficient (Wildman–Crippen LogP) is 2.18. The highest BCUT2D eigenvalue weighted by Crippen LogP contribution is 2.10. The van der Waals surface area contributed by atoms with Crippen molar-refractivity contribution in [2.45, 2.75) is 52.5 Å². The van der Waals surface area contributed by atoms with Crippen LogP contribution in [0.4, 0.5) is 0 Å². The van der Waals surface area contributed by atoms with E-state index in [-0.39, 0.29) is 0 Å². The predicted molar refractivity (Wildman–Crippen MR) is 80.2 cm³/mol. The number of hydrogen-bond donors (Lipinski definition) is 1. The minimum atomic E-state index is 0.762. The fourth-order valence-corrected chi connectivity index (χ4v) is 2.82. The molecule has 0 bridgehead atoms. The fourth-order valence-electron chi connectivity index (χ4n) is 2.82. The maximum atomic E-state index is 3.76. The Bertz CT molecular complexity index is 192. The van der Waals surface area contributed by atoms with Crippen molar-refractivity contribution < 1.29 is 0 Å². The summed E-state index contributed by atoms with van der Waals surface area (Å²) in [5, 5.41) is 3.76. The summed E-state index contributed by atoms with van der Waals surface area (Å²) in [5.41, 5.74) is 0. The van der Waals surface area contributed by atoms with Crippen molar-refractivity contribution in [1.82, 2.24) is 15.1 Å². The van der Waals surface area contributed by atoms with E-state index in [9.17, 15) is 0 Å². The van der Waals surface area contributed by atoms with Crippen LogP contribution in [0.2, 0.25) is 0 Å². The van der Waals surface area contributed by atoms with Gasteiger partial charge in [-0.1, -0.05) is 20.8 Å². The molecule has 18 heavy (non-hydrogen) atoms. The van der Waals surface area contributed by atoms with E-state index in [2.05, 4.69) is 35.9 Å². The van der Waals surface area contributed by atoms with Crippen LogP contribution in [-0.4, -0.2) is 61.7 Å². The highest BCUT2D eigenvalue weighted by molar-refractivity contribution is 4.74. The number of rotatable bonds is 8. The second-order valence-corrected chi connectivity index (χ2v) is 5.40. The first kappa shape index (κ1) is 15.9. The normalized spacial score (nSPS) is 22.3. The molecule has 108 valence electrons. The molecule has 1 heterocycles. The highest BCUT2D eigenvalue weighted by Gasteiger charge is 2.14. The molecule has 0 aromatic rings. The van der Waals surface area contributed by atoms with Gasteiger partial charge in [-0.15, -0.1) is 0 Å². The van der Waals surface area contributed by atoms with Crippen molar-refractivity contribution >= 4 is 0 Å². The highest BCUT2D eigenvalue weighted by atomic mass is 15.1. The van der Waals surface area contributed by atoms with Crippen LogP contribution in [0.5, 0.6) is 0 Å². The summed E-state index contributed by atoms with van der Waals surface area (Å²) in [6, 6.07) is 0.762. The summed E-state index contributed by atoms with van der Waals surface area (Å²) in [6.45, 7) is 15.4. The molecule has 0 aliphatic carbocycles. The molecule has 1 aliphatic heterocycles. The summed E-state index contributed by atoms with van der Waals surface area (Å²) in [4.78, 5) is 5.09. The average Bonchev–Trinajstić information content (AvgIpc) is 2.64. The van der Waals surface area contributed by atoms with Crippen molar-refractivity contribution in [3.8, 4) is 0 Å². The van der Waals surface area contributed by atoms with Gasteiger partial charge in [0.2, 0.25) is 0 Å². The first-order valence-electron chi connectivity index (χ1n) is 7.98. The van der Waals surface area contributed by atoms with Crippen LogP contribution < -0.4 is 5.32 Å². The molecule has 0 aromatic carbocycles. The lowest BCUT2D eigenvalue weighted by atomic mass is 10.1. The molecule has 1 rings (SSSR count). The molecule has 0 radical (unpaired) electrons. The Hall–Kier alpha value is -0.120. The Kier molecular flexibility index (Phi) is 8.64. The van der Waals surface area contributed by atoms with Gasteiger partial charge < -0.3 is 15.1 Å². The molecule has 0 aromatic heterocycles. The van der Waals surface area contributed by atoms with Gasteiger partial charge >= 0.3 is 0 Å². The monoisotopic (exact) mass is 255 g/mol. The van der Waals surface area contributed by atoms with Crippen molar-refractivity contribution in [1.29, 1.82) is 0 Å². The van der Waals surface area contributed by atoms with E-state index in [1.54, 1.807) is 0 Å². The molecule has 3 heteroatoms. The molecule has 1 aliphatic rings. The second kappa shape index (κ2) is 9.76. The zero-order valence-corrected chi connectivity index (χ0v) is 12.7. The summed E-state index contributed by atoms with van der Waals surface area (Å²) in [5.74, 6) is 0. The first-order valence-corrected chi connectivity index (χ1v) is 7.98. The van der Waals surface area contributed by atoms with Crippen LogP contribution in [0.25, 0.3) is 0 Å². The van der Waals surface area contributed by atoms with E-state index < -0.39 is 0 Å². The minimum Gasteiger partial charge on any atom is -0.314 e. The largest absolute Gasteiger partial charge is 0.314 e. The van der Waals surface area contributed by atoms with Gasteiger partial charge in [0.25, 0.3) is 0 Å². The van der Waals surface area contributed by atoms with Gasteiger partial charge in [0.05, 0.1) is 0 Å². The lowest BCUT2D eigenvalue weighted by molar-refractivity contribution is 0.289. The summed E-state index contributed by atoms with van der Waals surface area (Å²) in [6.07, 6.45) is 5.35. The van der Waals surface area contributed by atoms with E-state index in [4.69, 9.17) is 0 Å². The number of nitrogens with zero attached hydrogens (tertiary/aromatic N) is 2. The maximum absolute atomic E-state index is 3.76. The van der Waals surface area contributed by atoms with Crippen molar-refractivity contribution in [3.05, 3.63) is 0 Å². The zero-order valence-electron chi connectivity index (χ0n) is 12.7. The Morgan fingerprint density at radius 1 is 1.11 bits per heavy atom.